The van der Waals surface area contributed by atoms with E-state index in [-0.39, 0.29) is 42.5 Å². The molecule has 2 unspecified atom stereocenters. The molecule has 1 aromatic rings. The minimum absolute atomic E-state index is 0.0675. The number of carbonyl (C=O) groups is 2. The zero-order valence-corrected chi connectivity index (χ0v) is 13.9. The lowest BCUT2D eigenvalue weighted by Gasteiger charge is -2.35. The Labute approximate surface area is 147 Å². The number of hydrogen-bond donors (Lipinski definition) is 3. The lowest BCUT2D eigenvalue weighted by atomic mass is 10.0. The van der Waals surface area contributed by atoms with E-state index in [0.717, 1.165) is 4.90 Å². The highest BCUT2D eigenvalue weighted by Crippen LogP contribution is 2.40. The molecule has 3 N–H and O–H groups in total. The molecule has 0 bridgehead atoms. The van der Waals surface area contributed by atoms with E-state index in [2.05, 4.69) is 9.97 Å². The average molecular weight is 372 g/mol. The van der Waals surface area contributed by atoms with E-state index in [4.69, 9.17) is 9.84 Å². The third-order valence-electron chi connectivity index (χ3n) is 4.55. The Morgan fingerprint density at radius 2 is 2.12 bits per heavy atom. The van der Waals surface area contributed by atoms with Crippen LogP contribution in [0.2, 0.25) is 0 Å². The third kappa shape index (κ3) is 3.14. The highest BCUT2D eigenvalue weighted by molar-refractivity contribution is 6.00. The van der Waals surface area contributed by atoms with E-state index in [1.807, 2.05) is 5.32 Å². The number of aromatic nitrogens is 2. The van der Waals surface area contributed by atoms with Gasteiger partial charge in [-0.1, -0.05) is 6.42 Å². The molecule has 1 aliphatic carbocycles. The Kier molecular flexibility index (Phi) is 4.65. The second-order valence-electron chi connectivity index (χ2n) is 6.26. The number of nitrogens with one attached hydrogen (secondary N) is 1. The fourth-order valence-corrected chi connectivity index (χ4v) is 3.45. The maximum absolute atomic E-state index is 14.6. The van der Waals surface area contributed by atoms with E-state index in [9.17, 15) is 23.5 Å². The standard InChI is InChI=1S/C15H18F2N4O5/c1-26-11-9-7(18-13(19-11)20-14(24)25)6-21(12(9)23)10-8(22)4-2-3-5-15(10,16)17/h8,10,22H,2-6H2,1H3,(H,24,25)(H,18,19,20). The summed E-state index contributed by atoms with van der Waals surface area (Å²) < 4.78 is 34.1. The molecule has 1 aromatic heterocycles. The first kappa shape index (κ1) is 18.2. The van der Waals surface area contributed by atoms with Crippen molar-refractivity contribution in [3.05, 3.63) is 11.3 Å². The number of methoxy groups -OCH3 is 1. The van der Waals surface area contributed by atoms with Gasteiger partial charge < -0.3 is 19.8 Å². The van der Waals surface area contributed by atoms with Crippen molar-refractivity contribution in [1.82, 2.24) is 14.9 Å². The normalized spacial score (nSPS) is 24.8. The summed E-state index contributed by atoms with van der Waals surface area (Å²) in [7, 11) is 1.22. The van der Waals surface area contributed by atoms with E-state index in [1.165, 1.54) is 7.11 Å². The Morgan fingerprint density at radius 1 is 1.38 bits per heavy atom. The fourth-order valence-electron chi connectivity index (χ4n) is 3.45. The van der Waals surface area contributed by atoms with Crippen molar-refractivity contribution in [1.29, 1.82) is 0 Å². The van der Waals surface area contributed by atoms with Crippen molar-refractivity contribution in [3.63, 3.8) is 0 Å². The summed E-state index contributed by atoms with van der Waals surface area (Å²) in [6.07, 6.45) is -2.36. The van der Waals surface area contributed by atoms with Gasteiger partial charge in [0.15, 0.2) is 0 Å². The van der Waals surface area contributed by atoms with Crippen LogP contribution in [0.25, 0.3) is 0 Å². The highest BCUT2D eigenvalue weighted by Gasteiger charge is 2.52. The maximum atomic E-state index is 14.6. The number of rotatable bonds is 3. The van der Waals surface area contributed by atoms with Crippen LogP contribution >= 0.6 is 0 Å². The van der Waals surface area contributed by atoms with Crippen molar-refractivity contribution in [2.45, 2.75) is 50.3 Å². The minimum Gasteiger partial charge on any atom is -0.480 e. The molecule has 1 saturated carbocycles. The summed E-state index contributed by atoms with van der Waals surface area (Å²) in [5, 5.41) is 20.9. The van der Waals surface area contributed by atoms with Crippen LogP contribution in [0.3, 0.4) is 0 Å². The summed E-state index contributed by atoms with van der Waals surface area (Å²) in [4.78, 5) is 32.1. The molecule has 2 aliphatic rings. The van der Waals surface area contributed by atoms with Crippen LogP contribution in [0.4, 0.5) is 19.5 Å². The Bertz CT molecular complexity index is 745. The van der Waals surface area contributed by atoms with Gasteiger partial charge in [-0.2, -0.15) is 4.98 Å². The largest absolute Gasteiger partial charge is 0.480 e. The Balaban J connectivity index is 1.99. The van der Waals surface area contributed by atoms with Crippen molar-refractivity contribution in [3.8, 4) is 5.88 Å². The van der Waals surface area contributed by atoms with Crippen LogP contribution in [0.1, 0.15) is 41.7 Å². The van der Waals surface area contributed by atoms with Gasteiger partial charge in [0, 0.05) is 6.42 Å². The fraction of sp³-hybridized carbons (Fsp3) is 0.600. The molecule has 0 spiro atoms. The molecule has 142 valence electrons. The zero-order chi connectivity index (χ0) is 19.1. The van der Waals surface area contributed by atoms with Gasteiger partial charge in [-0.05, 0) is 12.8 Å². The predicted molar refractivity (Wildman–Crippen MR) is 83.3 cm³/mol. The smallest absolute Gasteiger partial charge is 0.411 e. The molecule has 0 radical (unpaired) electrons. The van der Waals surface area contributed by atoms with Crippen molar-refractivity contribution < 1.29 is 33.3 Å². The topological polar surface area (TPSA) is 125 Å². The molecular weight excluding hydrogens is 354 g/mol. The number of carbonyl (C=O) groups excluding carboxylic acids is 1. The van der Waals surface area contributed by atoms with Gasteiger partial charge in [-0.25, -0.2) is 18.6 Å². The predicted octanol–water partition coefficient (Wildman–Crippen LogP) is 1.47. The van der Waals surface area contributed by atoms with Gasteiger partial charge in [0.25, 0.3) is 11.8 Å². The quantitative estimate of drug-likeness (QED) is 0.686. The maximum Gasteiger partial charge on any atom is 0.411 e. The molecule has 2 amide bonds. The van der Waals surface area contributed by atoms with E-state index < -0.39 is 36.5 Å². The highest BCUT2D eigenvalue weighted by atomic mass is 19.3. The van der Waals surface area contributed by atoms with Gasteiger partial charge in [0.1, 0.15) is 11.6 Å². The number of alkyl halides is 2. The molecule has 2 heterocycles. The monoisotopic (exact) mass is 372 g/mol. The first-order valence-electron chi connectivity index (χ1n) is 8.06. The van der Waals surface area contributed by atoms with Gasteiger partial charge in [0.05, 0.1) is 25.5 Å². The van der Waals surface area contributed by atoms with Crippen LogP contribution in [0.5, 0.6) is 5.88 Å². The molecule has 0 saturated heterocycles. The zero-order valence-electron chi connectivity index (χ0n) is 13.9. The number of amides is 2. The number of hydrogen-bond acceptors (Lipinski definition) is 6. The number of nitrogens with zero attached hydrogens (tertiary/aromatic N) is 3. The number of anilines is 1. The van der Waals surface area contributed by atoms with Crippen LogP contribution in [0.15, 0.2) is 0 Å². The van der Waals surface area contributed by atoms with Gasteiger partial charge in [-0.15, -0.1) is 0 Å². The van der Waals surface area contributed by atoms with Crippen molar-refractivity contribution in [2.75, 3.05) is 12.4 Å². The molecule has 1 fully saturated rings. The van der Waals surface area contributed by atoms with Crippen LogP contribution in [-0.2, 0) is 6.54 Å². The first-order chi connectivity index (χ1) is 12.2. The number of aliphatic hydroxyl groups is 1. The summed E-state index contributed by atoms with van der Waals surface area (Å²) in [6.45, 7) is -0.293. The van der Waals surface area contributed by atoms with E-state index in [1.54, 1.807) is 0 Å². The molecule has 3 rings (SSSR count). The van der Waals surface area contributed by atoms with Crippen LogP contribution < -0.4 is 10.1 Å². The Morgan fingerprint density at radius 3 is 2.77 bits per heavy atom. The summed E-state index contributed by atoms with van der Waals surface area (Å²) in [5.74, 6) is -4.56. The van der Waals surface area contributed by atoms with Gasteiger partial charge in [-0.3, -0.25) is 10.1 Å². The van der Waals surface area contributed by atoms with E-state index in [0.29, 0.717) is 6.42 Å². The summed E-state index contributed by atoms with van der Waals surface area (Å²) in [6, 6.07) is -1.69. The molecule has 9 nitrogen and oxygen atoms in total. The number of halogens is 2. The number of aliphatic hydroxyl groups excluding tert-OH is 1. The first-order valence-corrected chi connectivity index (χ1v) is 8.06. The molecule has 26 heavy (non-hydrogen) atoms. The lowest BCUT2D eigenvalue weighted by molar-refractivity contribution is -0.112. The molecular formula is C15H18F2N4O5. The van der Waals surface area contributed by atoms with Crippen LogP contribution in [0, 0.1) is 0 Å². The SMILES string of the molecule is COc1nc(NC(=O)O)nc2c1C(=O)N(C1C(O)CCCCC1(F)F)C2. The molecule has 2 atom stereocenters. The second kappa shape index (κ2) is 6.63. The van der Waals surface area contributed by atoms with Gasteiger partial charge in [0.2, 0.25) is 11.8 Å². The van der Waals surface area contributed by atoms with Crippen LogP contribution in [-0.4, -0.2) is 62.3 Å². The average Bonchev–Trinajstić information content (AvgIpc) is 2.79. The summed E-state index contributed by atoms with van der Waals surface area (Å²) in [5.41, 5.74) is -0.0338. The lowest BCUT2D eigenvalue weighted by Crippen LogP contribution is -2.53. The third-order valence-corrected chi connectivity index (χ3v) is 4.55. The molecule has 11 heteroatoms. The summed E-state index contributed by atoms with van der Waals surface area (Å²) >= 11 is 0. The molecule has 0 aromatic carbocycles. The molecule has 1 aliphatic heterocycles. The number of fused-ring (bicyclic) bond motifs is 1. The Hall–Kier alpha value is -2.56. The van der Waals surface area contributed by atoms with Crippen molar-refractivity contribution >= 4 is 17.9 Å². The minimum atomic E-state index is -3.25. The number of carboxylic acid groups (broad SMARTS) is 1. The van der Waals surface area contributed by atoms with Gasteiger partial charge >= 0.3 is 6.09 Å². The van der Waals surface area contributed by atoms with Crippen molar-refractivity contribution in [2.24, 2.45) is 0 Å². The second-order valence-corrected chi connectivity index (χ2v) is 6.26. The number of ether oxygens (including phenoxy) is 1. The van der Waals surface area contributed by atoms with E-state index >= 15 is 0 Å².